The Morgan fingerprint density at radius 1 is 1.08 bits per heavy atom. The van der Waals surface area contributed by atoms with Gasteiger partial charge in [0.05, 0.1) is 9.83 Å². The Bertz CT molecular complexity index is 1570. The number of rotatable bonds is 5. The number of hydrogen-bond acceptors (Lipinski definition) is 5. The number of halogens is 1. The van der Waals surface area contributed by atoms with E-state index >= 15 is 0 Å². The number of carbonyl (C=O) groups is 2. The molecule has 0 radical (unpaired) electrons. The number of nitrogens with zero attached hydrogens (tertiary/aromatic N) is 3. The zero-order valence-corrected chi connectivity index (χ0v) is 20.1. The van der Waals surface area contributed by atoms with Crippen molar-refractivity contribution in [3.8, 4) is 0 Å². The fourth-order valence-electron chi connectivity index (χ4n) is 3.81. The Hall–Kier alpha value is -4.21. The highest BCUT2D eigenvalue weighted by Crippen LogP contribution is 2.30. The zero-order chi connectivity index (χ0) is 25.2. The highest BCUT2D eigenvalue weighted by atomic mass is 35.5. The smallest absolute Gasteiger partial charge is 0.279 e. The number of thioether (sulfide) groups is 1. The number of nitro groups is 1. The van der Waals surface area contributed by atoms with Crippen molar-refractivity contribution < 1.29 is 14.5 Å². The molecule has 3 aromatic carbocycles. The number of amidine groups is 1. The van der Waals surface area contributed by atoms with Gasteiger partial charge in [-0.05, 0) is 53.7 Å². The minimum Gasteiger partial charge on any atom is -0.342 e. The van der Waals surface area contributed by atoms with Crippen molar-refractivity contribution in [2.24, 2.45) is 4.99 Å². The van der Waals surface area contributed by atoms with E-state index in [4.69, 9.17) is 11.6 Å². The van der Waals surface area contributed by atoms with Crippen LogP contribution in [0.2, 0.25) is 5.02 Å². The van der Waals surface area contributed by atoms with Crippen molar-refractivity contribution in [3.63, 3.8) is 0 Å². The lowest BCUT2D eigenvalue weighted by Gasteiger charge is -2.05. The van der Waals surface area contributed by atoms with Gasteiger partial charge in [-0.1, -0.05) is 41.9 Å². The van der Waals surface area contributed by atoms with Crippen LogP contribution < -0.4 is 5.32 Å². The van der Waals surface area contributed by atoms with Gasteiger partial charge >= 0.3 is 0 Å². The maximum Gasteiger partial charge on any atom is 0.279 e. The largest absolute Gasteiger partial charge is 0.342 e. The predicted molar refractivity (Wildman–Crippen MR) is 141 cm³/mol. The summed E-state index contributed by atoms with van der Waals surface area (Å²) in [5.41, 5.74) is 3.10. The van der Waals surface area contributed by atoms with Gasteiger partial charge in [-0.2, -0.15) is 4.99 Å². The molecule has 0 unspecified atom stereocenters. The van der Waals surface area contributed by atoms with Crippen LogP contribution in [-0.2, 0) is 11.3 Å². The molecule has 2 amide bonds. The van der Waals surface area contributed by atoms with Crippen LogP contribution >= 0.6 is 23.4 Å². The van der Waals surface area contributed by atoms with Gasteiger partial charge in [-0.15, -0.1) is 0 Å². The molecule has 0 spiro atoms. The average Bonchev–Trinajstić information content (AvgIpc) is 3.39. The van der Waals surface area contributed by atoms with Crippen molar-refractivity contribution in [1.82, 2.24) is 9.88 Å². The van der Waals surface area contributed by atoms with E-state index in [1.54, 1.807) is 42.5 Å². The number of benzene rings is 3. The molecule has 1 aliphatic rings. The summed E-state index contributed by atoms with van der Waals surface area (Å²) in [5.74, 6) is -0.815. The molecule has 4 aromatic rings. The third kappa shape index (κ3) is 4.93. The number of para-hydroxylation sites is 1. The van der Waals surface area contributed by atoms with Gasteiger partial charge in [0.2, 0.25) is 0 Å². The van der Waals surface area contributed by atoms with E-state index in [2.05, 4.69) is 10.3 Å². The highest BCUT2D eigenvalue weighted by Gasteiger charge is 2.25. The van der Waals surface area contributed by atoms with Gasteiger partial charge < -0.3 is 9.88 Å². The molecule has 8 nitrogen and oxygen atoms in total. The lowest BCUT2D eigenvalue weighted by Crippen LogP contribution is -2.20. The number of nitrogens with one attached hydrogen (secondary N) is 1. The Morgan fingerprint density at radius 2 is 1.81 bits per heavy atom. The number of aromatic nitrogens is 1. The molecule has 0 bridgehead atoms. The third-order valence-electron chi connectivity index (χ3n) is 5.55. The van der Waals surface area contributed by atoms with Gasteiger partial charge in [0, 0.05) is 51.9 Å². The predicted octanol–water partition coefficient (Wildman–Crippen LogP) is 5.65. The highest BCUT2D eigenvalue weighted by molar-refractivity contribution is 8.18. The number of non-ortho nitro benzene ring substituents is 1. The van der Waals surface area contributed by atoms with Gasteiger partial charge in [0.1, 0.15) is 0 Å². The van der Waals surface area contributed by atoms with Crippen molar-refractivity contribution in [2.75, 3.05) is 0 Å². The van der Waals surface area contributed by atoms with E-state index in [0.29, 0.717) is 22.0 Å². The van der Waals surface area contributed by atoms with Crippen molar-refractivity contribution >= 4 is 63.0 Å². The van der Waals surface area contributed by atoms with Crippen LogP contribution in [0, 0.1) is 10.1 Å². The summed E-state index contributed by atoms with van der Waals surface area (Å²) in [6, 6.07) is 20.6. The van der Waals surface area contributed by atoms with E-state index in [9.17, 15) is 19.7 Å². The monoisotopic (exact) mass is 516 g/mol. The maximum atomic E-state index is 12.6. The molecule has 1 saturated heterocycles. The van der Waals surface area contributed by atoms with Crippen molar-refractivity contribution in [2.45, 2.75) is 6.54 Å². The lowest BCUT2D eigenvalue weighted by atomic mass is 10.1. The van der Waals surface area contributed by atoms with Crippen LogP contribution in [0.4, 0.5) is 5.69 Å². The van der Waals surface area contributed by atoms with Crippen LogP contribution in [0.15, 0.2) is 88.9 Å². The van der Waals surface area contributed by atoms with Gasteiger partial charge in [0.25, 0.3) is 17.5 Å². The summed E-state index contributed by atoms with van der Waals surface area (Å²) in [6.07, 6.45) is 3.70. The molecular formula is C26H17ClN4O4S. The van der Waals surface area contributed by atoms with E-state index < -0.39 is 10.8 Å². The molecule has 1 aliphatic heterocycles. The molecule has 0 atom stereocenters. The van der Waals surface area contributed by atoms with Crippen LogP contribution in [-0.4, -0.2) is 26.5 Å². The molecule has 178 valence electrons. The number of carbonyl (C=O) groups excluding carboxylic acids is 2. The van der Waals surface area contributed by atoms with Gasteiger partial charge in [-0.25, -0.2) is 0 Å². The Balaban J connectivity index is 1.41. The molecule has 10 heteroatoms. The van der Waals surface area contributed by atoms with Crippen molar-refractivity contribution in [3.05, 3.63) is 116 Å². The zero-order valence-electron chi connectivity index (χ0n) is 18.6. The molecule has 0 aliphatic carbocycles. The fraction of sp³-hybridized carbons (Fsp3) is 0.0385. The first kappa shape index (κ1) is 23.5. The molecule has 1 N–H and O–H groups in total. The topological polar surface area (TPSA) is 107 Å². The summed E-state index contributed by atoms with van der Waals surface area (Å²) in [6.45, 7) is 0.503. The fourth-order valence-corrected chi connectivity index (χ4v) is 4.75. The normalized spacial score (nSPS) is 15.5. The number of nitro benzene ring substituents is 1. The maximum absolute atomic E-state index is 12.6. The summed E-state index contributed by atoms with van der Waals surface area (Å²) in [7, 11) is 0. The van der Waals surface area contributed by atoms with Crippen LogP contribution in [0.3, 0.4) is 0 Å². The number of fused-ring (bicyclic) bond motifs is 1. The Kier molecular flexibility index (Phi) is 6.41. The minimum atomic E-state index is -0.476. The van der Waals surface area contributed by atoms with Crippen LogP contribution in [0.1, 0.15) is 21.5 Å². The van der Waals surface area contributed by atoms with E-state index in [0.717, 1.165) is 33.8 Å². The van der Waals surface area contributed by atoms with Crippen LogP contribution in [0.5, 0.6) is 0 Å². The quantitative estimate of drug-likeness (QED) is 0.209. The Morgan fingerprint density at radius 3 is 2.53 bits per heavy atom. The van der Waals surface area contributed by atoms with E-state index in [-0.39, 0.29) is 16.8 Å². The second-order valence-corrected chi connectivity index (χ2v) is 9.41. The molecule has 0 saturated carbocycles. The first-order chi connectivity index (χ1) is 17.4. The van der Waals surface area contributed by atoms with Gasteiger partial charge in [-0.3, -0.25) is 19.7 Å². The molecule has 1 fully saturated rings. The van der Waals surface area contributed by atoms with Crippen molar-refractivity contribution in [1.29, 1.82) is 0 Å². The first-order valence-electron chi connectivity index (χ1n) is 10.8. The minimum absolute atomic E-state index is 0.0396. The first-order valence-corrected chi connectivity index (χ1v) is 12.0. The second-order valence-electron chi connectivity index (χ2n) is 7.95. The summed E-state index contributed by atoms with van der Waals surface area (Å²) < 4.78 is 2.03. The Labute approximate surface area is 214 Å². The summed E-state index contributed by atoms with van der Waals surface area (Å²) in [5, 5.41) is 15.2. The standard InChI is InChI=1S/C26H17ClN4O4S/c27-19-9-7-17(8-10-19)24(32)28-26-29-25(33)23(36-26)13-18-15-30(22-4-2-1-3-21(18)22)14-16-5-11-20(12-6-16)31(34)35/h1-13,15H,14H2,(H,28,29,32,33)/b23-13-. The summed E-state index contributed by atoms with van der Waals surface area (Å²) in [4.78, 5) is 40.0. The molecule has 1 aromatic heterocycles. The summed E-state index contributed by atoms with van der Waals surface area (Å²) >= 11 is 6.96. The molecule has 2 heterocycles. The van der Waals surface area contributed by atoms with Crippen LogP contribution in [0.25, 0.3) is 17.0 Å². The number of hydrogen-bond donors (Lipinski definition) is 1. The second kappa shape index (κ2) is 9.80. The SMILES string of the molecule is O=C1NC(=NC(=O)c2ccc(Cl)cc2)S/C1=C\c1cn(Cc2ccc([N+](=O)[O-])cc2)c2ccccc12. The number of aliphatic imine (C=N–C) groups is 1. The molecule has 5 rings (SSSR count). The van der Waals surface area contributed by atoms with E-state index in [1.165, 1.54) is 12.1 Å². The third-order valence-corrected chi connectivity index (χ3v) is 6.71. The lowest BCUT2D eigenvalue weighted by molar-refractivity contribution is -0.384. The van der Waals surface area contributed by atoms with Gasteiger partial charge in [0.15, 0.2) is 5.17 Å². The molecule has 36 heavy (non-hydrogen) atoms. The average molecular weight is 517 g/mol. The number of amides is 2. The van der Waals surface area contributed by atoms with E-state index in [1.807, 2.05) is 35.0 Å². The molecular weight excluding hydrogens is 500 g/mol.